The fraction of sp³-hybridized carbons (Fsp3) is 0.294. The van der Waals surface area contributed by atoms with Crippen molar-refractivity contribution in [3.63, 3.8) is 0 Å². The Morgan fingerprint density at radius 2 is 1.49 bits per heavy atom. The van der Waals surface area contributed by atoms with Crippen molar-refractivity contribution in [3.8, 4) is 0 Å². The van der Waals surface area contributed by atoms with Crippen LogP contribution in [0.1, 0.15) is 44.8 Å². The predicted octanol–water partition coefficient (Wildman–Crippen LogP) is 7.27. The van der Waals surface area contributed by atoms with Crippen LogP contribution in [0.15, 0.2) is 101 Å². The normalized spacial score (nSPS) is 17.8. The summed E-state index contributed by atoms with van der Waals surface area (Å²) in [6, 6.07) is 33.1. The van der Waals surface area contributed by atoms with Crippen LogP contribution in [0.25, 0.3) is 21.9 Å². The number of nitrogens with zero attached hydrogens (tertiary/aromatic N) is 1. The largest absolute Gasteiger partial charge is 0.429 e. The summed E-state index contributed by atoms with van der Waals surface area (Å²) in [4.78, 5) is 13.8. The Hall–Kier alpha value is -3.36. The number of rotatable bonds is 7. The second-order valence-electron chi connectivity index (χ2n) is 11.9. The summed E-state index contributed by atoms with van der Waals surface area (Å²) in [7, 11) is -2.66. The lowest BCUT2D eigenvalue weighted by Crippen LogP contribution is -2.67. The summed E-state index contributed by atoms with van der Waals surface area (Å²) in [5.74, 6) is -0.108. The number of benzene rings is 4. The average Bonchev–Trinajstić information content (AvgIpc) is 3.57. The lowest BCUT2D eigenvalue weighted by atomic mass is 10.1. The molecule has 210 valence electrons. The van der Waals surface area contributed by atoms with Crippen LogP contribution >= 0.6 is 12.2 Å². The summed E-state index contributed by atoms with van der Waals surface area (Å²) in [6.45, 7) is 7.31. The maximum absolute atomic E-state index is 13.6. The first kappa shape index (κ1) is 27.8. The molecule has 41 heavy (non-hydrogen) atoms. The molecule has 0 aliphatic carbocycles. The maximum atomic E-state index is 13.6. The SMILES string of the molecule is CC(C)(C)[Si](OC[C@@H]1CC[C@@H](CC(=O)n2c(=S)oc3ccc4ccccc4c32)O1)(c1ccccc1)c1ccccc1. The van der Waals surface area contributed by atoms with E-state index in [-0.39, 0.29) is 34.4 Å². The molecule has 1 fully saturated rings. The van der Waals surface area contributed by atoms with Gasteiger partial charge in [0, 0.05) is 5.39 Å². The standard InChI is InChI=1S/C34H35NO4SSi/c1-34(2,3)41(27-13-6-4-7-14-27,28-15-8-5-9-16-28)37-23-26-20-19-25(38-26)22-31(36)35-32-29-17-11-10-12-24(29)18-21-30(32)39-33(35)40/h4-18,21,25-26H,19-20,22-23H2,1-3H3/t25-,26-/m0/s1. The van der Waals surface area contributed by atoms with Gasteiger partial charge in [-0.3, -0.25) is 4.79 Å². The highest BCUT2D eigenvalue weighted by molar-refractivity contribution is 7.71. The van der Waals surface area contributed by atoms with E-state index in [1.807, 2.05) is 36.4 Å². The zero-order chi connectivity index (χ0) is 28.6. The van der Waals surface area contributed by atoms with Gasteiger partial charge in [0.25, 0.3) is 13.2 Å². The minimum Gasteiger partial charge on any atom is -0.429 e. The van der Waals surface area contributed by atoms with Gasteiger partial charge >= 0.3 is 0 Å². The van der Waals surface area contributed by atoms with Crippen molar-refractivity contribution >= 4 is 58.7 Å². The fourth-order valence-electron chi connectivity index (χ4n) is 6.32. The smallest absolute Gasteiger partial charge is 0.276 e. The van der Waals surface area contributed by atoms with Crippen LogP contribution in [0.3, 0.4) is 0 Å². The number of hydrogen-bond acceptors (Lipinski definition) is 5. The van der Waals surface area contributed by atoms with Gasteiger partial charge in [-0.1, -0.05) is 112 Å². The number of carbonyl (C=O) groups excluding carboxylic acids is 1. The molecule has 6 rings (SSSR count). The Balaban J connectivity index is 1.22. The zero-order valence-corrected chi connectivity index (χ0v) is 25.5. The second-order valence-corrected chi connectivity index (χ2v) is 16.5. The molecule has 2 atom stereocenters. The highest BCUT2D eigenvalue weighted by Crippen LogP contribution is 2.37. The van der Waals surface area contributed by atoms with Gasteiger partial charge in [0.15, 0.2) is 5.58 Å². The lowest BCUT2D eigenvalue weighted by molar-refractivity contribution is 0.0120. The monoisotopic (exact) mass is 581 g/mol. The van der Waals surface area contributed by atoms with Crippen LogP contribution < -0.4 is 10.4 Å². The molecule has 5 nitrogen and oxygen atoms in total. The molecular weight excluding hydrogens is 547 g/mol. The topological polar surface area (TPSA) is 53.6 Å². The molecule has 1 aliphatic heterocycles. The summed E-state index contributed by atoms with van der Waals surface area (Å²) in [5.41, 5.74) is 1.34. The van der Waals surface area contributed by atoms with Gasteiger partial charge in [0.05, 0.1) is 25.2 Å². The van der Waals surface area contributed by atoms with E-state index in [1.54, 1.807) is 4.57 Å². The minimum atomic E-state index is -2.66. The van der Waals surface area contributed by atoms with E-state index < -0.39 is 8.32 Å². The first-order valence-corrected chi connectivity index (χ1v) is 16.6. The third-order valence-electron chi connectivity index (χ3n) is 8.22. The second kappa shape index (κ2) is 11.1. The molecule has 0 amide bonds. The van der Waals surface area contributed by atoms with Gasteiger partial charge in [-0.25, -0.2) is 4.57 Å². The van der Waals surface area contributed by atoms with Gasteiger partial charge in [-0.15, -0.1) is 0 Å². The van der Waals surface area contributed by atoms with Gasteiger partial charge in [-0.2, -0.15) is 0 Å². The van der Waals surface area contributed by atoms with Crippen molar-refractivity contribution in [2.24, 2.45) is 0 Å². The number of hydrogen-bond donors (Lipinski definition) is 0. The van der Waals surface area contributed by atoms with E-state index in [4.69, 9.17) is 25.8 Å². The molecule has 1 saturated heterocycles. The molecule has 7 heteroatoms. The molecular formula is C34H35NO4SSi. The van der Waals surface area contributed by atoms with Crippen LogP contribution in [-0.2, 0) is 9.16 Å². The van der Waals surface area contributed by atoms with Crippen molar-refractivity contribution in [1.29, 1.82) is 0 Å². The Kier molecular flexibility index (Phi) is 7.55. The molecule has 0 saturated carbocycles. The van der Waals surface area contributed by atoms with Crippen molar-refractivity contribution in [2.45, 2.75) is 57.3 Å². The first-order chi connectivity index (χ1) is 19.8. The van der Waals surface area contributed by atoms with Crippen LogP contribution in [-0.4, -0.2) is 37.6 Å². The van der Waals surface area contributed by atoms with Crippen molar-refractivity contribution < 1.29 is 18.4 Å². The Morgan fingerprint density at radius 3 is 2.15 bits per heavy atom. The fourth-order valence-corrected chi connectivity index (χ4v) is 11.2. The van der Waals surface area contributed by atoms with E-state index >= 15 is 0 Å². The van der Waals surface area contributed by atoms with E-state index in [0.29, 0.717) is 12.2 Å². The zero-order valence-electron chi connectivity index (χ0n) is 23.7. The first-order valence-electron chi connectivity index (χ1n) is 14.2. The molecule has 5 aromatic rings. The van der Waals surface area contributed by atoms with E-state index in [1.165, 1.54) is 10.4 Å². The predicted molar refractivity (Wildman–Crippen MR) is 169 cm³/mol. The average molecular weight is 582 g/mol. The number of carbonyl (C=O) groups is 1. The van der Waals surface area contributed by atoms with Gasteiger partial charge in [0.1, 0.15) is 5.52 Å². The molecule has 0 N–H and O–H groups in total. The van der Waals surface area contributed by atoms with Gasteiger partial charge < -0.3 is 13.6 Å². The van der Waals surface area contributed by atoms with Crippen molar-refractivity contribution in [1.82, 2.24) is 4.57 Å². The van der Waals surface area contributed by atoms with Crippen LogP contribution in [0.5, 0.6) is 0 Å². The Morgan fingerprint density at radius 1 is 0.878 bits per heavy atom. The maximum Gasteiger partial charge on any atom is 0.276 e. The summed E-state index contributed by atoms with van der Waals surface area (Å²) in [6.07, 6.45) is 1.60. The van der Waals surface area contributed by atoms with E-state index in [0.717, 1.165) is 29.1 Å². The third-order valence-corrected chi connectivity index (χ3v) is 13.5. The number of fused-ring (bicyclic) bond motifs is 3. The number of aromatic nitrogens is 1. The molecule has 0 spiro atoms. The van der Waals surface area contributed by atoms with Crippen molar-refractivity contribution in [3.05, 3.63) is 102 Å². The van der Waals surface area contributed by atoms with Crippen LogP contribution in [0, 0.1) is 4.84 Å². The van der Waals surface area contributed by atoms with Gasteiger partial charge in [0.2, 0.25) is 5.91 Å². The Labute approximate surface area is 246 Å². The lowest BCUT2D eigenvalue weighted by Gasteiger charge is -2.43. The molecule has 0 bridgehead atoms. The highest BCUT2D eigenvalue weighted by atomic mass is 32.1. The minimum absolute atomic E-state index is 0.0793. The molecule has 1 aromatic heterocycles. The molecule has 0 unspecified atom stereocenters. The molecule has 4 aromatic carbocycles. The van der Waals surface area contributed by atoms with E-state index in [9.17, 15) is 4.79 Å². The molecule has 2 heterocycles. The number of ether oxygens (including phenoxy) is 1. The van der Waals surface area contributed by atoms with Crippen molar-refractivity contribution in [2.75, 3.05) is 6.61 Å². The van der Waals surface area contributed by atoms with E-state index in [2.05, 4.69) is 81.4 Å². The highest BCUT2D eigenvalue weighted by Gasteiger charge is 2.50. The van der Waals surface area contributed by atoms with Crippen LogP contribution in [0.2, 0.25) is 5.04 Å². The number of oxazole rings is 1. The Bertz CT molecular complexity index is 1700. The molecule has 1 aliphatic rings. The summed E-state index contributed by atoms with van der Waals surface area (Å²) >= 11 is 5.49. The summed E-state index contributed by atoms with van der Waals surface area (Å²) < 4.78 is 20.9. The third kappa shape index (κ3) is 5.12. The molecule has 0 radical (unpaired) electrons. The quantitative estimate of drug-likeness (QED) is 0.149. The summed E-state index contributed by atoms with van der Waals surface area (Å²) in [5, 5.41) is 4.37. The van der Waals surface area contributed by atoms with Gasteiger partial charge in [-0.05, 0) is 51.9 Å². The van der Waals surface area contributed by atoms with Crippen LogP contribution in [0.4, 0.5) is 0 Å².